The van der Waals surface area contributed by atoms with Gasteiger partial charge >= 0.3 is 0 Å². The van der Waals surface area contributed by atoms with E-state index < -0.39 is 0 Å². The molecule has 3 nitrogen and oxygen atoms in total. The predicted octanol–water partition coefficient (Wildman–Crippen LogP) is 4.25. The van der Waals surface area contributed by atoms with Gasteiger partial charge in [-0.05, 0) is 48.9 Å². The molecule has 0 radical (unpaired) electrons. The molecular weight excluding hydrogens is 328 g/mol. The van der Waals surface area contributed by atoms with Crippen molar-refractivity contribution in [2.75, 3.05) is 11.1 Å². The SMILES string of the molecule is Cc1cc(NC(=O)c2ccc(Br)cc2Cl)ccc1N. The Bertz CT molecular complexity index is 643. The van der Waals surface area contributed by atoms with E-state index in [9.17, 15) is 4.79 Å². The zero-order valence-corrected chi connectivity index (χ0v) is 12.5. The van der Waals surface area contributed by atoms with Crippen LogP contribution in [0.3, 0.4) is 0 Å². The van der Waals surface area contributed by atoms with Gasteiger partial charge < -0.3 is 11.1 Å². The molecule has 2 aromatic rings. The largest absolute Gasteiger partial charge is 0.399 e. The summed E-state index contributed by atoms with van der Waals surface area (Å²) in [6.45, 7) is 1.89. The van der Waals surface area contributed by atoms with Gasteiger partial charge in [0.1, 0.15) is 0 Å². The van der Waals surface area contributed by atoms with Crippen LogP contribution in [0.5, 0.6) is 0 Å². The summed E-state index contributed by atoms with van der Waals surface area (Å²) in [5, 5.41) is 3.19. The van der Waals surface area contributed by atoms with Crippen LogP contribution in [-0.4, -0.2) is 5.91 Å². The second-order valence-electron chi connectivity index (χ2n) is 4.15. The lowest BCUT2D eigenvalue weighted by Crippen LogP contribution is -2.12. The van der Waals surface area contributed by atoms with Crippen LogP contribution in [0.2, 0.25) is 5.02 Å². The van der Waals surface area contributed by atoms with Crippen LogP contribution in [0, 0.1) is 6.92 Å². The smallest absolute Gasteiger partial charge is 0.257 e. The number of benzene rings is 2. The number of aryl methyl sites for hydroxylation is 1. The number of nitrogen functional groups attached to an aromatic ring is 1. The van der Waals surface area contributed by atoms with Gasteiger partial charge in [-0.1, -0.05) is 27.5 Å². The van der Waals surface area contributed by atoms with Crippen LogP contribution in [0.1, 0.15) is 15.9 Å². The van der Waals surface area contributed by atoms with Crippen LogP contribution < -0.4 is 11.1 Å². The van der Waals surface area contributed by atoms with Gasteiger partial charge in [0.05, 0.1) is 10.6 Å². The number of carbonyl (C=O) groups is 1. The first-order valence-electron chi connectivity index (χ1n) is 5.60. The summed E-state index contributed by atoms with van der Waals surface area (Å²) < 4.78 is 0.831. The number of hydrogen-bond acceptors (Lipinski definition) is 2. The highest BCUT2D eigenvalue weighted by atomic mass is 79.9. The Hall–Kier alpha value is -1.52. The molecule has 2 rings (SSSR count). The average molecular weight is 340 g/mol. The highest BCUT2D eigenvalue weighted by Gasteiger charge is 2.11. The number of nitrogens with two attached hydrogens (primary N) is 1. The molecule has 2 aromatic carbocycles. The van der Waals surface area contributed by atoms with Crippen molar-refractivity contribution >= 4 is 44.8 Å². The Morgan fingerprint density at radius 3 is 2.63 bits per heavy atom. The highest BCUT2D eigenvalue weighted by Crippen LogP contribution is 2.23. The minimum Gasteiger partial charge on any atom is -0.399 e. The molecule has 1 amide bonds. The van der Waals surface area contributed by atoms with Crippen molar-refractivity contribution in [3.8, 4) is 0 Å². The molecule has 5 heteroatoms. The molecule has 98 valence electrons. The maximum absolute atomic E-state index is 12.1. The normalized spacial score (nSPS) is 10.3. The molecule has 0 bridgehead atoms. The van der Waals surface area contributed by atoms with Crippen molar-refractivity contribution < 1.29 is 4.79 Å². The van der Waals surface area contributed by atoms with Gasteiger partial charge in [-0.25, -0.2) is 0 Å². The number of anilines is 2. The molecule has 0 spiro atoms. The molecule has 19 heavy (non-hydrogen) atoms. The van der Waals surface area contributed by atoms with E-state index in [4.69, 9.17) is 17.3 Å². The Balaban J connectivity index is 2.23. The lowest BCUT2D eigenvalue weighted by molar-refractivity contribution is 0.102. The van der Waals surface area contributed by atoms with Crippen molar-refractivity contribution in [1.82, 2.24) is 0 Å². The monoisotopic (exact) mass is 338 g/mol. The van der Waals surface area contributed by atoms with Gasteiger partial charge in [-0.3, -0.25) is 4.79 Å². The first kappa shape index (κ1) is 13.9. The second-order valence-corrected chi connectivity index (χ2v) is 5.47. The van der Waals surface area contributed by atoms with E-state index in [2.05, 4.69) is 21.2 Å². The fourth-order valence-corrected chi connectivity index (χ4v) is 2.38. The lowest BCUT2D eigenvalue weighted by atomic mass is 10.1. The van der Waals surface area contributed by atoms with Gasteiger partial charge in [0, 0.05) is 15.8 Å². The molecule has 0 fully saturated rings. The minimum atomic E-state index is -0.248. The van der Waals surface area contributed by atoms with Gasteiger partial charge in [0.15, 0.2) is 0 Å². The molecule has 0 heterocycles. The molecule has 0 saturated carbocycles. The first-order chi connectivity index (χ1) is 8.97. The molecular formula is C14H12BrClN2O. The summed E-state index contributed by atoms with van der Waals surface area (Å²) in [5.41, 5.74) is 8.46. The Kier molecular flexibility index (Phi) is 4.12. The standard InChI is InChI=1S/C14H12BrClN2O/c1-8-6-10(3-5-13(8)17)18-14(19)11-4-2-9(15)7-12(11)16/h2-7H,17H2,1H3,(H,18,19). The fraction of sp³-hybridized carbons (Fsp3) is 0.0714. The number of halogens is 2. The van der Waals surface area contributed by atoms with Crippen LogP contribution >= 0.6 is 27.5 Å². The van der Waals surface area contributed by atoms with Crippen molar-refractivity contribution in [3.63, 3.8) is 0 Å². The van der Waals surface area contributed by atoms with Gasteiger partial charge in [-0.15, -0.1) is 0 Å². The van der Waals surface area contributed by atoms with E-state index in [1.807, 2.05) is 13.0 Å². The first-order valence-corrected chi connectivity index (χ1v) is 6.77. The maximum atomic E-state index is 12.1. The van der Waals surface area contributed by atoms with Crippen molar-refractivity contribution in [2.24, 2.45) is 0 Å². The number of carbonyl (C=O) groups excluding carboxylic acids is 1. The van der Waals surface area contributed by atoms with E-state index in [1.165, 1.54) is 0 Å². The Morgan fingerprint density at radius 1 is 1.26 bits per heavy atom. The quantitative estimate of drug-likeness (QED) is 0.804. The fourth-order valence-electron chi connectivity index (χ4n) is 1.63. The van der Waals surface area contributed by atoms with Crippen LogP contribution in [-0.2, 0) is 0 Å². The van der Waals surface area contributed by atoms with E-state index in [0.29, 0.717) is 22.0 Å². The van der Waals surface area contributed by atoms with Crippen molar-refractivity contribution in [3.05, 3.63) is 57.0 Å². The zero-order chi connectivity index (χ0) is 14.0. The molecule has 0 aliphatic heterocycles. The molecule has 0 aromatic heterocycles. The van der Waals surface area contributed by atoms with Gasteiger partial charge in [0.2, 0.25) is 0 Å². The third-order valence-electron chi connectivity index (χ3n) is 2.70. The average Bonchev–Trinajstić information content (AvgIpc) is 2.33. The van der Waals surface area contributed by atoms with E-state index in [-0.39, 0.29) is 5.91 Å². The maximum Gasteiger partial charge on any atom is 0.257 e. The zero-order valence-electron chi connectivity index (χ0n) is 10.2. The molecule has 0 aliphatic rings. The van der Waals surface area contributed by atoms with Gasteiger partial charge in [-0.2, -0.15) is 0 Å². The topological polar surface area (TPSA) is 55.1 Å². The third-order valence-corrected chi connectivity index (χ3v) is 3.51. The molecule has 0 aliphatic carbocycles. The van der Waals surface area contributed by atoms with Gasteiger partial charge in [0.25, 0.3) is 5.91 Å². The van der Waals surface area contributed by atoms with Crippen LogP contribution in [0.25, 0.3) is 0 Å². The number of nitrogens with one attached hydrogen (secondary N) is 1. The Labute approximate surface area is 124 Å². The summed E-state index contributed by atoms with van der Waals surface area (Å²) in [5.74, 6) is -0.248. The van der Waals surface area contributed by atoms with Crippen molar-refractivity contribution in [2.45, 2.75) is 6.92 Å². The molecule has 3 N–H and O–H groups in total. The van der Waals surface area contributed by atoms with Crippen LogP contribution in [0.4, 0.5) is 11.4 Å². The summed E-state index contributed by atoms with van der Waals surface area (Å²) in [7, 11) is 0. The number of amides is 1. The second kappa shape index (κ2) is 5.63. The Morgan fingerprint density at radius 2 is 2.00 bits per heavy atom. The molecule has 0 unspecified atom stereocenters. The van der Waals surface area contributed by atoms with Crippen LogP contribution in [0.15, 0.2) is 40.9 Å². The summed E-state index contributed by atoms with van der Waals surface area (Å²) in [4.78, 5) is 12.1. The molecule has 0 atom stereocenters. The van der Waals surface area contributed by atoms with E-state index in [0.717, 1.165) is 10.0 Å². The minimum absolute atomic E-state index is 0.248. The lowest BCUT2D eigenvalue weighted by Gasteiger charge is -2.09. The number of hydrogen-bond donors (Lipinski definition) is 2. The molecule has 0 saturated heterocycles. The summed E-state index contributed by atoms with van der Waals surface area (Å²) in [6.07, 6.45) is 0. The summed E-state index contributed by atoms with van der Waals surface area (Å²) >= 11 is 9.34. The van der Waals surface area contributed by atoms with E-state index in [1.54, 1.807) is 30.3 Å². The number of rotatable bonds is 2. The highest BCUT2D eigenvalue weighted by molar-refractivity contribution is 9.10. The van der Waals surface area contributed by atoms with E-state index >= 15 is 0 Å². The van der Waals surface area contributed by atoms with Crippen molar-refractivity contribution in [1.29, 1.82) is 0 Å². The third kappa shape index (κ3) is 3.28. The predicted molar refractivity (Wildman–Crippen MR) is 82.7 cm³/mol. The summed E-state index contributed by atoms with van der Waals surface area (Å²) in [6, 6.07) is 10.5.